The van der Waals surface area contributed by atoms with Crippen LogP contribution >= 0.6 is 0 Å². The molecule has 0 aliphatic heterocycles. The molecule has 0 saturated heterocycles. The van der Waals surface area contributed by atoms with Gasteiger partial charge in [-0.3, -0.25) is 20.2 Å². The van der Waals surface area contributed by atoms with E-state index < -0.39 is 22.2 Å². The van der Waals surface area contributed by atoms with E-state index in [0.717, 1.165) is 48.5 Å². The van der Waals surface area contributed by atoms with Crippen LogP contribution in [0.25, 0.3) is 0 Å². The first-order chi connectivity index (χ1) is 12.3. The van der Waals surface area contributed by atoms with Crippen LogP contribution in [0.1, 0.15) is 0 Å². The number of rotatable bonds is 4. The van der Waals surface area contributed by atoms with Gasteiger partial charge < -0.3 is 9.47 Å². The highest BCUT2D eigenvalue weighted by Crippen LogP contribution is 2.19. The van der Waals surface area contributed by atoms with E-state index in [-0.39, 0.29) is 22.9 Å². The lowest BCUT2D eigenvalue weighted by Crippen LogP contribution is -2.17. The van der Waals surface area contributed by atoms with E-state index in [0.29, 0.717) is 0 Å². The summed E-state index contributed by atoms with van der Waals surface area (Å²) in [4.78, 5) is 50.4. The van der Waals surface area contributed by atoms with Crippen LogP contribution in [-0.4, -0.2) is 22.2 Å². The molecule has 26 heavy (non-hydrogen) atoms. The molecule has 12 heteroatoms. The monoisotopic (exact) mass is 364 g/mol. The molecule has 2 aromatic rings. The highest BCUT2D eigenvalue weighted by molar-refractivity contribution is 5.67. The van der Waals surface area contributed by atoms with Gasteiger partial charge in [0.2, 0.25) is 0 Å². The van der Waals surface area contributed by atoms with Gasteiger partial charge in [-0.15, -0.1) is 0 Å². The van der Waals surface area contributed by atoms with Gasteiger partial charge in [-0.2, -0.15) is 19.4 Å². The number of hydrogen-bond donors (Lipinski definition) is 0. The van der Waals surface area contributed by atoms with Crippen molar-refractivity contribution in [2.45, 2.75) is 0 Å². The number of ether oxygens (including phenoxy) is 2. The van der Waals surface area contributed by atoms with Crippen LogP contribution in [0.15, 0.2) is 48.5 Å². The second-order valence-electron chi connectivity index (χ2n) is 4.37. The smallest absolute Gasteiger partial charge is 0.392 e. The molecule has 0 aliphatic carbocycles. The Balaban J connectivity index is 1.80. The lowest BCUT2D eigenvalue weighted by atomic mass is 10.3. The molecule has 2 aromatic carbocycles. The van der Waals surface area contributed by atoms with Crippen molar-refractivity contribution >= 4 is 23.7 Å². The van der Waals surface area contributed by atoms with Crippen LogP contribution in [0.5, 0.6) is 11.5 Å². The van der Waals surface area contributed by atoms with Crippen molar-refractivity contribution in [1.82, 2.24) is 0 Å². The van der Waals surface area contributed by atoms with Crippen LogP contribution in [0, 0.1) is 20.2 Å². The fraction of sp³-hybridized carbons (Fsp3) is 0. The number of nitro groups is 2. The SMILES string of the molecule is O=C(OOC(=O)Oc1ccc([N+](=O)[O-])cc1)Oc1ccc([N+](=O)[O-])cc1. The minimum absolute atomic E-state index is 0.0899. The van der Waals surface area contributed by atoms with Crippen LogP contribution in [0.2, 0.25) is 0 Å². The highest BCUT2D eigenvalue weighted by Gasteiger charge is 2.15. The molecule has 0 N–H and O–H groups in total. The average molecular weight is 364 g/mol. The number of hydrogen-bond acceptors (Lipinski definition) is 10. The molecule has 0 heterocycles. The number of carbonyl (C=O) groups is 2. The van der Waals surface area contributed by atoms with Gasteiger partial charge in [0.25, 0.3) is 11.4 Å². The lowest BCUT2D eigenvalue weighted by molar-refractivity contribution is -0.385. The van der Waals surface area contributed by atoms with Gasteiger partial charge in [-0.05, 0) is 24.3 Å². The predicted molar refractivity (Wildman–Crippen MR) is 80.4 cm³/mol. The Hall–Kier alpha value is -4.22. The van der Waals surface area contributed by atoms with Gasteiger partial charge in [0, 0.05) is 24.3 Å². The van der Waals surface area contributed by atoms with Gasteiger partial charge in [0.1, 0.15) is 11.5 Å². The Morgan fingerprint density at radius 1 is 0.654 bits per heavy atom. The fourth-order valence-electron chi connectivity index (χ4n) is 1.57. The van der Waals surface area contributed by atoms with Crippen molar-refractivity contribution in [2.24, 2.45) is 0 Å². The van der Waals surface area contributed by atoms with Crippen molar-refractivity contribution in [2.75, 3.05) is 0 Å². The minimum Gasteiger partial charge on any atom is -0.392 e. The van der Waals surface area contributed by atoms with E-state index in [4.69, 9.17) is 0 Å². The Morgan fingerprint density at radius 2 is 0.962 bits per heavy atom. The summed E-state index contributed by atoms with van der Waals surface area (Å²) >= 11 is 0. The van der Waals surface area contributed by atoms with E-state index >= 15 is 0 Å². The van der Waals surface area contributed by atoms with Crippen LogP contribution in [0.3, 0.4) is 0 Å². The summed E-state index contributed by atoms with van der Waals surface area (Å²) in [7, 11) is 0. The van der Waals surface area contributed by atoms with E-state index in [2.05, 4.69) is 19.2 Å². The topological polar surface area (TPSA) is 157 Å². The van der Waals surface area contributed by atoms with Crippen molar-refractivity contribution < 1.29 is 38.7 Å². The first-order valence-electron chi connectivity index (χ1n) is 6.62. The molecule has 0 bridgehead atoms. The third kappa shape index (κ3) is 5.16. The lowest BCUT2D eigenvalue weighted by Gasteiger charge is -2.04. The molecule has 0 aliphatic rings. The molecule has 0 spiro atoms. The van der Waals surface area contributed by atoms with E-state index in [9.17, 15) is 29.8 Å². The van der Waals surface area contributed by atoms with Crippen molar-refractivity contribution in [3.05, 3.63) is 68.8 Å². The second kappa shape index (κ2) is 8.05. The maximum Gasteiger partial charge on any atom is 0.555 e. The number of nitro benzene ring substituents is 2. The van der Waals surface area contributed by atoms with Crippen molar-refractivity contribution in [3.8, 4) is 11.5 Å². The van der Waals surface area contributed by atoms with Crippen LogP contribution in [0.4, 0.5) is 21.0 Å². The highest BCUT2D eigenvalue weighted by atomic mass is 17.3. The number of benzene rings is 2. The first kappa shape index (κ1) is 18.1. The van der Waals surface area contributed by atoms with Crippen molar-refractivity contribution in [3.63, 3.8) is 0 Å². The molecule has 0 aromatic heterocycles. The maximum absolute atomic E-state index is 11.3. The van der Waals surface area contributed by atoms with Crippen LogP contribution < -0.4 is 9.47 Å². The molecular formula is C14H8N2O10. The third-order valence-corrected chi connectivity index (χ3v) is 2.68. The largest absolute Gasteiger partial charge is 0.555 e. The molecule has 0 atom stereocenters. The normalized spacial score (nSPS) is 9.69. The molecule has 2 rings (SSSR count). The fourth-order valence-corrected chi connectivity index (χ4v) is 1.57. The third-order valence-electron chi connectivity index (χ3n) is 2.68. The molecule has 12 nitrogen and oxygen atoms in total. The summed E-state index contributed by atoms with van der Waals surface area (Å²) in [5.41, 5.74) is -0.428. The van der Waals surface area contributed by atoms with Gasteiger partial charge in [0.05, 0.1) is 9.85 Å². The quantitative estimate of drug-likeness (QED) is 0.259. The van der Waals surface area contributed by atoms with Crippen molar-refractivity contribution in [1.29, 1.82) is 0 Å². The summed E-state index contributed by atoms with van der Waals surface area (Å²) in [5.74, 6) is -0.180. The van der Waals surface area contributed by atoms with E-state index in [1.165, 1.54) is 0 Å². The van der Waals surface area contributed by atoms with E-state index in [1.807, 2.05) is 0 Å². The molecule has 0 saturated carbocycles. The summed E-state index contributed by atoms with van der Waals surface area (Å²) in [5, 5.41) is 21.0. The zero-order valence-electron chi connectivity index (χ0n) is 12.6. The van der Waals surface area contributed by atoms with Gasteiger partial charge in [-0.1, -0.05) is 0 Å². The number of non-ortho nitro benzene ring substituents is 2. The molecule has 134 valence electrons. The zero-order valence-corrected chi connectivity index (χ0v) is 12.6. The average Bonchev–Trinajstić information content (AvgIpc) is 2.61. The van der Waals surface area contributed by atoms with Gasteiger partial charge in [-0.25, -0.2) is 0 Å². The van der Waals surface area contributed by atoms with E-state index in [1.54, 1.807) is 0 Å². The predicted octanol–water partition coefficient (Wildman–Crippen LogP) is 3.15. The summed E-state index contributed by atoms with van der Waals surface area (Å²) < 4.78 is 9.20. The summed E-state index contributed by atoms with van der Waals surface area (Å²) in [6.45, 7) is 0. The summed E-state index contributed by atoms with van der Waals surface area (Å²) in [6, 6.07) is 8.89. The molecule has 0 fully saturated rings. The van der Waals surface area contributed by atoms with Gasteiger partial charge in [0.15, 0.2) is 0 Å². The minimum atomic E-state index is -1.43. The number of carbonyl (C=O) groups excluding carboxylic acids is 2. The van der Waals surface area contributed by atoms with Gasteiger partial charge >= 0.3 is 12.3 Å². The standard InChI is InChI=1S/C14H8N2O10/c17-13(23-11-5-1-9(2-6-11)15(19)20)25-26-14(18)24-12-7-3-10(4-8-12)16(21)22/h1-8H. The molecule has 0 radical (unpaired) electrons. The number of nitrogens with zero attached hydrogens (tertiary/aromatic N) is 2. The maximum atomic E-state index is 11.3. The summed E-state index contributed by atoms with van der Waals surface area (Å²) in [6.07, 6.45) is -2.86. The Bertz CT molecular complexity index is 760. The van der Waals surface area contributed by atoms with Crippen LogP contribution in [-0.2, 0) is 9.78 Å². The Morgan fingerprint density at radius 3 is 1.23 bits per heavy atom. The Labute approximate surface area is 143 Å². The molecule has 0 amide bonds. The first-order valence-corrected chi connectivity index (χ1v) is 6.62. The molecular weight excluding hydrogens is 356 g/mol. The molecule has 0 unspecified atom stereocenters. The Kier molecular flexibility index (Phi) is 5.61. The second-order valence-corrected chi connectivity index (χ2v) is 4.37. The zero-order chi connectivity index (χ0) is 19.1.